The van der Waals surface area contributed by atoms with E-state index in [4.69, 9.17) is 10.5 Å². The Bertz CT molecular complexity index is 317. The van der Waals surface area contributed by atoms with Crippen LogP contribution in [0, 0.1) is 5.82 Å². The number of hydrogen-bond donors (Lipinski definition) is 1. The van der Waals surface area contributed by atoms with E-state index in [1.807, 2.05) is 17.9 Å². The second kappa shape index (κ2) is 5.56. The molecule has 0 amide bonds. The summed E-state index contributed by atoms with van der Waals surface area (Å²) in [6.07, 6.45) is 0. The number of halogens is 1. The minimum atomic E-state index is -0.372. The summed E-state index contributed by atoms with van der Waals surface area (Å²) >= 11 is 0. The number of benzene rings is 1. The van der Waals surface area contributed by atoms with Gasteiger partial charge in [0.25, 0.3) is 0 Å². The zero-order valence-electron chi connectivity index (χ0n) is 9.16. The van der Waals surface area contributed by atoms with Crippen molar-refractivity contribution in [3.05, 3.63) is 24.0 Å². The zero-order valence-corrected chi connectivity index (χ0v) is 9.16. The molecule has 0 unspecified atom stereocenters. The highest BCUT2D eigenvalue weighted by Gasteiger charge is 2.10. The molecular formula is C11H17FN2O. The van der Waals surface area contributed by atoms with Crippen LogP contribution < -0.4 is 10.6 Å². The fourth-order valence-corrected chi connectivity index (χ4v) is 1.45. The summed E-state index contributed by atoms with van der Waals surface area (Å²) in [7, 11) is 1.64. The Hall–Kier alpha value is -1.29. The number of likely N-dealkylation sites (N-methyl/N-ethyl adjacent to an activating group) is 1. The van der Waals surface area contributed by atoms with Crippen molar-refractivity contribution in [2.24, 2.45) is 0 Å². The summed E-state index contributed by atoms with van der Waals surface area (Å²) in [6.45, 7) is 4.08. The summed E-state index contributed by atoms with van der Waals surface area (Å²) in [5.41, 5.74) is 6.61. The number of ether oxygens (including phenoxy) is 1. The highest BCUT2D eigenvalue weighted by Crippen LogP contribution is 2.25. The van der Waals surface area contributed by atoms with E-state index in [9.17, 15) is 4.39 Å². The molecule has 0 aliphatic heterocycles. The molecule has 3 nitrogen and oxygen atoms in total. The van der Waals surface area contributed by atoms with Crippen molar-refractivity contribution in [2.45, 2.75) is 6.92 Å². The van der Waals surface area contributed by atoms with Crippen LogP contribution in [0.25, 0.3) is 0 Å². The number of para-hydroxylation sites is 1. The highest BCUT2D eigenvalue weighted by molar-refractivity contribution is 5.67. The second-order valence-corrected chi connectivity index (χ2v) is 3.25. The zero-order chi connectivity index (χ0) is 11.3. The third-order valence-electron chi connectivity index (χ3n) is 2.32. The third kappa shape index (κ3) is 2.83. The lowest BCUT2D eigenvalue weighted by Gasteiger charge is -2.24. The Morgan fingerprint density at radius 2 is 2.20 bits per heavy atom. The van der Waals surface area contributed by atoms with Gasteiger partial charge in [0.1, 0.15) is 5.82 Å². The number of hydrogen-bond acceptors (Lipinski definition) is 3. The molecule has 84 valence electrons. The van der Waals surface area contributed by atoms with Crippen LogP contribution in [-0.4, -0.2) is 26.8 Å². The fraction of sp³-hybridized carbons (Fsp3) is 0.455. The summed E-state index contributed by atoms with van der Waals surface area (Å²) in [5, 5.41) is 0. The third-order valence-corrected chi connectivity index (χ3v) is 2.32. The van der Waals surface area contributed by atoms with Crippen LogP contribution in [0.4, 0.5) is 15.8 Å². The van der Waals surface area contributed by atoms with Crippen molar-refractivity contribution in [2.75, 3.05) is 37.4 Å². The number of nitrogens with zero attached hydrogens (tertiary/aromatic N) is 1. The van der Waals surface area contributed by atoms with Crippen LogP contribution in [0.3, 0.4) is 0 Å². The van der Waals surface area contributed by atoms with Gasteiger partial charge in [0, 0.05) is 20.2 Å². The molecule has 0 spiro atoms. The van der Waals surface area contributed by atoms with E-state index in [1.165, 1.54) is 6.07 Å². The van der Waals surface area contributed by atoms with E-state index in [2.05, 4.69) is 0 Å². The average molecular weight is 212 g/mol. The van der Waals surface area contributed by atoms with Crippen molar-refractivity contribution in [3.8, 4) is 0 Å². The molecule has 0 bridgehead atoms. The van der Waals surface area contributed by atoms with E-state index in [-0.39, 0.29) is 11.5 Å². The van der Waals surface area contributed by atoms with Crippen LogP contribution in [-0.2, 0) is 4.74 Å². The predicted octanol–water partition coefficient (Wildman–Crippen LogP) is 1.88. The molecule has 0 saturated heterocycles. The minimum Gasteiger partial charge on any atom is -0.395 e. The molecule has 1 rings (SSSR count). The smallest absolute Gasteiger partial charge is 0.148 e. The Morgan fingerprint density at radius 1 is 1.47 bits per heavy atom. The Balaban J connectivity index is 2.86. The molecule has 0 heterocycles. The van der Waals surface area contributed by atoms with Crippen molar-refractivity contribution in [1.82, 2.24) is 0 Å². The fourth-order valence-electron chi connectivity index (χ4n) is 1.45. The Labute approximate surface area is 89.6 Å². The van der Waals surface area contributed by atoms with Crippen molar-refractivity contribution < 1.29 is 9.13 Å². The van der Waals surface area contributed by atoms with Crippen molar-refractivity contribution in [1.29, 1.82) is 0 Å². The van der Waals surface area contributed by atoms with Crippen LogP contribution >= 0.6 is 0 Å². The molecule has 0 fully saturated rings. The van der Waals surface area contributed by atoms with Crippen LogP contribution in [0.2, 0.25) is 0 Å². The van der Waals surface area contributed by atoms with Gasteiger partial charge in [-0.1, -0.05) is 6.07 Å². The maximum atomic E-state index is 13.2. The van der Waals surface area contributed by atoms with Gasteiger partial charge < -0.3 is 15.4 Å². The van der Waals surface area contributed by atoms with Gasteiger partial charge in [-0.2, -0.15) is 0 Å². The minimum absolute atomic E-state index is 0.204. The van der Waals surface area contributed by atoms with E-state index in [1.54, 1.807) is 13.2 Å². The largest absolute Gasteiger partial charge is 0.395 e. The molecule has 15 heavy (non-hydrogen) atoms. The average Bonchev–Trinajstić information content (AvgIpc) is 2.25. The number of nitrogen functional groups attached to an aromatic ring is 1. The quantitative estimate of drug-likeness (QED) is 0.757. The first-order chi connectivity index (χ1) is 7.20. The first-order valence-corrected chi connectivity index (χ1v) is 4.98. The lowest BCUT2D eigenvalue weighted by Crippen LogP contribution is -2.27. The first-order valence-electron chi connectivity index (χ1n) is 4.98. The molecule has 0 aliphatic rings. The maximum absolute atomic E-state index is 13.2. The van der Waals surface area contributed by atoms with Gasteiger partial charge in [-0.15, -0.1) is 0 Å². The lowest BCUT2D eigenvalue weighted by atomic mass is 10.2. The monoisotopic (exact) mass is 212 g/mol. The molecule has 0 atom stereocenters. The first kappa shape index (κ1) is 11.8. The summed E-state index contributed by atoms with van der Waals surface area (Å²) in [5.74, 6) is -0.372. The van der Waals surface area contributed by atoms with Gasteiger partial charge in [0.05, 0.1) is 18.0 Å². The molecule has 1 aromatic rings. The summed E-state index contributed by atoms with van der Waals surface area (Å²) in [6, 6.07) is 4.84. The van der Waals surface area contributed by atoms with Gasteiger partial charge in [0.2, 0.25) is 0 Å². The normalized spacial score (nSPS) is 10.3. The summed E-state index contributed by atoms with van der Waals surface area (Å²) in [4.78, 5) is 1.99. The molecule has 0 aromatic heterocycles. The molecule has 0 saturated carbocycles. The second-order valence-electron chi connectivity index (χ2n) is 3.25. The number of methoxy groups -OCH3 is 1. The van der Waals surface area contributed by atoms with Gasteiger partial charge in [-0.25, -0.2) is 4.39 Å². The Morgan fingerprint density at radius 3 is 2.80 bits per heavy atom. The standard InChI is InChI=1S/C11H17FN2O/c1-3-14(7-8-15-2)10-6-4-5-9(12)11(10)13/h4-6H,3,7-8,13H2,1-2H3. The van der Waals surface area contributed by atoms with Crippen LogP contribution in [0.5, 0.6) is 0 Å². The maximum Gasteiger partial charge on any atom is 0.148 e. The molecule has 0 radical (unpaired) electrons. The number of anilines is 2. The van der Waals surface area contributed by atoms with Gasteiger partial charge in [-0.05, 0) is 19.1 Å². The Kier molecular flexibility index (Phi) is 4.37. The molecule has 0 aliphatic carbocycles. The molecule has 4 heteroatoms. The van der Waals surface area contributed by atoms with Crippen LogP contribution in [0.1, 0.15) is 6.92 Å². The van der Waals surface area contributed by atoms with Gasteiger partial charge in [-0.3, -0.25) is 0 Å². The van der Waals surface area contributed by atoms with Gasteiger partial charge in [0.15, 0.2) is 0 Å². The van der Waals surface area contributed by atoms with E-state index < -0.39 is 0 Å². The van der Waals surface area contributed by atoms with Gasteiger partial charge >= 0.3 is 0 Å². The lowest BCUT2D eigenvalue weighted by molar-refractivity contribution is 0.205. The molecule has 1 aromatic carbocycles. The van der Waals surface area contributed by atoms with E-state index in [0.29, 0.717) is 13.2 Å². The van der Waals surface area contributed by atoms with E-state index in [0.717, 1.165) is 12.2 Å². The SMILES string of the molecule is CCN(CCOC)c1cccc(F)c1N. The number of rotatable bonds is 5. The van der Waals surface area contributed by atoms with Crippen LogP contribution in [0.15, 0.2) is 18.2 Å². The highest BCUT2D eigenvalue weighted by atomic mass is 19.1. The predicted molar refractivity (Wildman–Crippen MR) is 60.6 cm³/mol. The number of nitrogens with two attached hydrogens (primary N) is 1. The summed E-state index contributed by atoms with van der Waals surface area (Å²) < 4.78 is 18.2. The van der Waals surface area contributed by atoms with Crippen molar-refractivity contribution >= 4 is 11.4 Å². The van der Waals surface area contributed by atoms with Crippen molar-refractivity contribution in [3.63, 3.8) is 0 Å². The van der Waals surface area contributed by atoms with E-state index >= 15 is 0 Å². The topological polar surface area (TPSA) is 38.5 Å². The molecule has 2 N–H and O–H groups in total. The molecular weight excluding hydrogens is 195 g/mol.